The van der Waals surface area contributed by atoms with E-state index in [1.54, 1.807) is 24.5 Å². The van der Waals surface area contributed by atoms with Gasteiger partial charge in [0.25, 0.3) is 5.91 Å². The van der Waals surface area contributed by atoms with E-state index in [1.807, 2.05) is 11.6 Å². The van der Waals surface area contributed by atoms with Gasteiger partial charge in [-0.3, -0.25) is 4.79 Å². The maximum absolute atomic E-state index is 14.1. The number of nitrogens with zero attached hydrogens (tertiary/aromatic N) is 3. The lowest BCUT2D eigenvalue weighted by Gasteiger charge is -2.18. The van der Waals surface area contributed by atoms with Crippen LogP contribution in [0.25, 0.3) is 11.0 Å². The molecule has 1 aliphatic heterocycles. The van der Waals surface area contributed by atoms with Crippen LogP contribution in [-0.4, -0.2) is 22.0 Å². The lowest BCUT2D eigenvalue weighted by atomic mass is 10.1. The van der Waals surface area contributed by atoms with Crippen molar-refractivity contribution in [2.45, 2.75) is 6.42 Å². The van der Waals surface area contributed by atoms with Gasteiger partial charge in [-0.1, -0.05) is 0 Å². The zero-order valence-electron chi connectivity index (χ0n) is 12.4. The van der Waals surface area contributed by atoms with Gasteiger partial charge < -0.3 is 9.47 Å². The summed E-state index contributed by atoms with van der Waals surface area (Å²) in [5.74, 6) is -1.40. The maximum atomic E-state index is 14.1. The topological polar surface area (TPSA) is 38.1 Å². The Bertz CT molecular complexity index is 948. The van der Waals surface area contributed by atoms with Crippen LogP contribution in [-0.2, 0) is 13.5 Å². The fourth-order valence-electron chi connectivity index (χ4n) is 3.08. The zero-order valence-corrected chi connectivity index (χ0v) is 12.4. The van der Waals surface area contributed by atoms with Gasteiger partial charge in [-0.05, 0) is 36.8 Å². The quantitative estimate of drug-likeness (QED) is 0.692. The van der Waals surface area contributed by atoms with Gasteiger partial charge in [0.2, 0.25) is 0 Å². The van der Waals surface area contributed by atoms with Gasteiger partial charge >= 0.3 is 0 Å². The molecular weight excluding hydrogens is 300 g/mol. The molecule has 2 aromatic carbocycles. The Morgan fingerprint density at radius 1 is 1.17 bits per heavy atom. The molecule has 0 unspecified atom stereocenters. The molecule has 0 radical (unpaired) electrons. The van der Waals surface area contributed by atoms with Gasteiger partial charge in [-0.25, -0.2) is 13.8 Å². The highest BCUT2D eigenvalue weighted by molar-refractivity contribution is 6.08. The summed E-state index contributed by atoms with van der Waals surface area (Å²) in [4.78, 5) is 18.3. The summed E-state index contributed by atoms with van der Waals surface area (Å²) >= 11 is 0. The van der Waals surface area contributed by atoms with E-state index in [9.17, 15) is 13.6 Å². The molecule has 4 nitrogen and oxygen atoms in total. The Labute approximate surface area is 131 Å². The SMILES string of the molecule is Cn1cnc2cc(C(=O)N3CCc4c(F)ccc(F)c43)ccc21. The number of rotatable bonds is 1. The number of carbonyl (C=O) groups is 1. The second kappa shape index (κ2) is 4.87. The van der Waals surface area contributed by atoms with Crippen molar-refractivity contribution in [2.75, 3.05) is 11.4 Å². The zero-order chi connectivity index (χ0) is 16.1. The first-order valence-corrected chi connectivity index (χ1v) is 7.26. The monoisotopic (exact) mass is 313 g/mol. The molecule has 1 aliphatic rings. The molecule has 0 saturated heterocycles. The number of aryl methyl sites for hydroxylation is 1. The van der Waals surface area contributed by atoms with Crippen LogP contribution < -0.4 is 4.90 Å². The summed E-state index contributed by atoms with van der Waals surface area (Å²) in [5.41, 5.74) is 2.32. The first-order chi connectivity index (χ1) is 11.1. The molecule has 0 fully saturated rings. The van der Waals surface area contributed by atoms with Crippen molar-refractivity contribution < 1.29 is 13.6 Å². The molecule has 23 heavy (non-hydrogen) atoms. The fraction of sp³-hybridized carbons (Fsp3) is 0.176. The largest absolute Gasteiger partial charge is 0.334 e. The van der Waals surface area contributed by atoms with E-state index >= 15 is 0 Å². The molecule has 1 amide bonds. The Morgan fingerprint density at radius 2 is 1.96 bits per heavy atom. The molecule has 116 valence electrons. The van der Waals surface area contributed by atoms with Gasteiger partial charge in [0.05, 0.1) is 23.0 Å². The molecular formula is C17H13F2N3O. The van der Waals surface area contributed by atoms with E-state index in [0.717, 1.165) is 17.6 Å². The van der Waals surface area contributed by atoms with E-state index in [0.29, 0.717) is 17.5 Å². The van der Waals surface area contributed by atoms with Crippen LogP contribution in [0.2, 0.25) is 0 Å². The number of amides is 1. The van der Waals surface area contributed by atoms with Crippen molar-refractivity contribution in [3.05, 3.63) is 59.4 Å². The summed E-state index contributed by atoms with van der Waals surface area (Å²) < 4.78 is 29.7. The van der Waals surface area contributed by atoms with Gasteiger partial charge in [-0.15, -0.1) is 0 Å². The molecule has 2 heterocycles. The normalized spacial score (nSPS) is 13.6. The molecule has 6 heteroatoms. The van der Waals surface area contributed by atoms with Crippen LogP contribution in [0.5, 0.6) is 0 Å². The number of fused-ring (bicyclic) bond motifs is 2. The summed E-state index contributed by atoms with van der Waals surface area (Å²) in [6, 6.07) is 7.31. The van der Waals surface area contributed by atoms with Crippen LogP contribution in [0.1, 0.15) is 15.9 Å². The van der Waals surface area contributed by atoms with Crippen molar-refractivity contribution in [3.63, 3.8) is 0 Å². The van der Waals surface area contributed by atoms with Gasteiger partial charge in [0, 0.05) is 24.7 Å². The number of benzene rings is 2. The highest BCUT2D eigenvalue weighted by Crippen LogP contribution is 2.34. The minimum atomic E-state index is -0.578. The number of halogens is 2. The molecule has 0 spiro atoms. The van der Waals surface area contributed by atoms with Crippen molar-refractivity contribution in [3.8, 4) is 0 Å². The lowest BCUT2D eigenvalue weighted by molar-refractivity contribution is 0.0988. The molecule has 0 atom stereocenters. The Hall–Kier alpha value is -2.76. The van der Waals surface area contributed by atoms with E-state index < -0.39 is 11.6 Å². The molecule has 4 rings (SSSR count). The average molecular weight is 313 g/mol. The minimum Gasteiger partial charge on any atom is -0.334 e. The lowest BCUT2D eigenvalue weighted by Crippen LogP contribution is -2.29. The third-order valence-electron chi connectivity index (χ3n) is 4.25. The number of imidazole rings is 1. The average Bonchev–Trinajstić information content (AvgIpc) is 3.15. The van der Waals surface area contributed by atoms with Crippen LogP contribution in [0.4, 0.5) is 14.5 Å². The standard InChI is InChI=1S/C17H13F2N3O/c1-21-9-20-14-8-10(2-5-15(14)21)17(23)22-7-6-11-12(18)3-4-13(19)16(11)22/h2-5,8-9H,6-7H2,1H3. The maximum Gasteiger partial charge on any atom is 0.258 e. The highest BCUT2D eigenvalue weighted by Gasteiger charge is 2.30. The Kier molecular flexibility index (Phi) is 2.94. The van der Waals surface area contributed by atoms with Crippen molar-refractivity contribution in [2.24, 2.45) is 7.05 Å². The molecule has 1 aromatic heterocycles. The van der Waals surface area contributed by atoms with Crippen LogP contribution in [0.3, 0.4) is 0 Å². The number of hydrogen-bond acceptors (Lipinski definition) is 2. The van der Waals surface area contributed by atoms with E-state index in [2.05, 4.69) is 4.98 Å². The molecule has 0 saturated carbocycles. The summed E-state index contributed by atoms with van der Waals surface area (Å²) in [6.07, 6.45) is 1.98. The van der Waals surface area contributed by atoms with Crippen LogP contribution in [0, 0.1) is 11.6 Å². The van der Waals surface area contributed by atoms with E-state index in [4.69, 9.17) is 0 Å². The van der Waals surface area contributed by atoms with E-state index in [-0.39, 0.29) is 23.7 Å². The summed E-state index contributed by atoms with van der Waals surface area (Å²) in [5, 5.41) is 0. The number of carbonyl (C=O) groups excluding carboxylic acids is 1. The summed E-state index contributed by atoms with van der Waals surface area (Å²) in [7, 11) is 1.87. The minimum absolute atomic E-state index is 0.0520. The predicted molar refractivity (Wildman–Crippen MR) is 82.5 cm³/mol. The molecule has 3 aromatic rings. The molecule has 0 bridgehead atoms. The highest BCUT2D eigenvalue weighted by atomic mass is 19.1. The third-order valence-corrected chi connectivity index (χ3v) is 4.25. The van der Waals surface area contributed by atoms with Gasteiger partial charge in [0.15, 0.2) is 0 Å². The smallest absolute Gasteiger partial charge is 0.258 e. The van der Waals surface area contributed by atoms with Crippen molar-refractivity contribution >= 4 is 22.6 Å². The first-order valence-electron chi connectivity index (χ1n) is 7.26. The van der Waals surface area contributed by atoms with Gasteiger partial charge in [0.1, 0.15) is 11.6 Å². The van der Waals surface area contributed by atoms with E-state index in [1.165, 1.54) is 4.90 Å². The second-order valence-electron chi connectivity index (χ2n) is 5.62. The fourth-order valence-corrected chi connectivity index (χ4v) is 3.08. The predicted octanol–water partition coefficient (Wildman–Crippen LogP) is 3.05. The van der Waals surface area contributed by atoms with Crippen LogP contribution >= 0.6 is 0 Å². The molecule has 0 aliphatic carbocycles. The first kappa shape index (κ1) is 13.9. The number of aromatic nitrogens is 2. The van der Waals surface area contributed by atoms with Gasteiger partial charge in [-0.2, -0.15) is 0 Å². The third kappa shape index (κ3) is 2.02. The number of hydrogen-bond donors (Lipinski definition) is 0. The number of anilines is 1. The summed E-state index contributed by atoms with van der Waals surface area (Å²) in [6.45, 7) is 0.270. The Morgan fingerprint density at radius 3 is 2.78 bits per heavy atom. The van der Waals surface area contributed by atoms with Crippen LogP contribution in [0.15, 0.2) is 36.7 Å². The van der Waals surface area contributed by atoms with Crippen molar-refractivity contribution in [1.29, 1.82) is 0 Å². The Balaban J connectivity index is 1.77. The molecule has 0 N–H and O–H groups in total. The second-order valence-corrected chi connectivity index (χ2v) is 5.62. The van der Waals surface area contributed by atoms with Crippen molar-refractivity contribution in [1.82, 2.24) is 9.55 Å².